The number of hydrogen-bond donors (Lipinski definition) is 2. The van der Waals surface area contributed by atoms with Crippen LogP contribution in [0, 0.1) is 0 Å². The van der Waals surface area contributed by atoms with E-state index in [9.17, 15) is 13.2 Å². The molecule has 0 fully saturated rings. The Morgan fingerprint density at radius 1 is 1.33 bits per heavy atom. The maximum Gasteiger partial charge on any atom is 0.216 e. The molecule has 0 aliphatic rings. The highest BCUT2D eigenvalue weighted by atomic mass is 32.2. The van der Waals surface area contributed by atoms with Crippen molar-refractivity contribution in [3.63, 3.8) is 0 Å². The van der Waals surface area contributed by atoms with Crippen molar-refractivity contribution in [2.24, 2.45) is 0 Å². The Morgan fingerprint density at radius 2 is 1.92 bits per heavy atom. The van der Waals surface area contributed by atoms with Crippen LogP contribution in [0.1, 0.15) is 13.8 Å². The van der Waals surface area contributed by atoms with Crippen LogP contribution in [0.15, 0.2) is 0 Å². The van der Waals surface area contributed by atoms with E-state index in [0.29, 0.717) is 6.54 Å². The number of carbonyl (C=O) groups is 1. The third kappa shape index (κ3) is 6.11. The second-order valence-corrected chi connectivity index (χ2v) is 4.38. The van der Waals surface area contributed by atoms with E-state index in [1.807, 2.05) is 0 Å². The lowest BCUT2D eigenvalue weighted by atomic mass is 10.6. The molecule has 0 aliphatic carbocycles. The van der Waals surface area contributed by atoms with Gasteiger partial charge in [0.2, 0.25) is 15.9 Å². The summed E-state index contributed by atoms with van der Waals surface area (Å²) in [5.41, 5.74) is 0. The van der Waals surface area contributed by atoms with Crippen LogP contribution in [0.2, 0.25) is 0 Å². The third-order valence-corrected chi connectivity index (χ3v) is 2.60. The molecule has 0 heterocycles. The zero-order valence-electron chi connectivity index (χ0n) is 7.25. The van der Waals surface area contributed by atoms with Gasteiger partial charge in [0, 0.05) is 20.0 Å². The van der Waals surface area contributed by atoms with Crippen LogP contribution < -0.4 is 10.0 Å². The maximum atomic E-state index is 10.8. The predicted molar refractivity (Wildman–Crippen MR) is 46.1 cm³/mol. The molecule has 6 heteroatoms. The second-order valence-electron chi connectivity index (χ2n) is 2.28. The first kappa shape index (κ1) is 11.4. The molecule has 0 atom stereocenters. The highest BCUT2D eigenvalue weighted by Crippen LogP contribution is 1.79. The molecule has 0 saturated carbocycles. The van der Waals surface area contributed by atoms with Gasteiger partial charge in [0.15, 0.2) is 0 Å². The summed E-state index contributed by atoms with van der Waals surface area (Å²) in [7, 11) is -3.12. The molecule has 72 valence electrons. The average molecular weight is 194 g/mol. The average Bonchev–Trinajstić information content (AvgIpc) is 1.98. The molecule has 2 N–H and O–H groups in total. The van der Waals surface area contributed by atoms with Gasteiger partial charge in [-0.25, -0.2) is 13.1 Å². The van der Waals surface area contributed by atoms with Crippen LogP contribution >= 0.6 is 0 Å². The van der Waals surface area contributed by atoms with E-state index in [4.69, 9.17) is 0 Å². The van der Waals surface area contributed by atoms with Crippen molar-refractivity contribution in [1.29, 1.82) is 0 Å². The Labute approximate surface area is 72.6 Å². The van der Waals surface area contributed by atoms with E-state index in [0.717, 1.165) is 0 Å². The van der Waals surface area contributed by atoms with Gasteiger partial charge in [0.05, 0.1) is 5.75 Å². The minimum Gasteiger partial charge on any atom is -0.355 e. The van der Waals surface area contributed by atoms with Gasteiger partial charge < -0.3 is 5.32 Å². The minimum absolute atomic E-state index is 0.0626. The lowest BCUT2D eigenvalue weighted by Gasteiger charge is -2.03. The molecule has 1 amide bonds. The van der Waals surface area contributed by atoms with Gasteiger partial charge in [-0.2, -0.15) is 0 Å². The molecule has 5 nitrogen and oxygen atoms in total. The van der Waals surface area contributed by atoms with E-state index in [-0.39, 0.29) is 18.2 Å². The summed E-state index contributed by atoms with van der Waals surface area (Å²) in [4.78, 5) is 10.3. The fourth-order valence-corrected chi connectivity index (χ4v) is 1.16. The summed E-state index contributed by atoms with van der Waals surface area (Å²) >= 11 is 0. The SMILES string of the molecule is CCS(=O)(=O)NCCNC(C)=O. The van der Waals surface area contributed by atoms with Gasteiger partial charge in [-0.1, -0.05) is 0 Å². The molecule has 12 heavy (non-hydrogen) atoms. The molecule has 0 aromatic heterocycles. The maximum absolute atomic E-state index is 10.8. The largest absolute Gasteiger partial charge is 0.355 e. The zero-order valence-corrected chi connectivity index (χ0v) is 8.07. The molecular weight excluding hydrogens is 180 g/mol. The highest BCUT2D eigenvalue weighted by molar-refractivity contribution is 7.89. The van der Waals surface area contributed by atoms with Gasteiger partial charge in [0.1, 0.15) is 0 Å². The normalized spacial score (nSPS) is 11.2. The van der Waals surface area contributed by atoms with Gasteiger partial charge in [-0.3, -0.25) is 4.79 Å². The molecule has 0 unspecified atom stereocenters. The first-order valence-electron chi connectivity index (χ1n) is 3.69. The first-order chi connectivity index (χ1) is 5.48. The van der Waals surface area contributed by atoms with Crippen LogP contribution in [0.5, 0.6) is 0 Å². The fourth-order valence-electron chi connectivity index (χ4n) is 0.547. The van der Waals surface area contributed by atoms with Crippen molar-refractivity contribution in [2.45, 2.75) is 13.8 Å². The lowest BCUT2D eigenvalue weighted by Crippen LogP contribution is -2.34. The Morgan fingerprint density at radius 3 is 2.33 bits per heavy atom. The van der Waals surface area contributed by atoms with Crippen LogP contribution in [0.4, 0.5) is 0 Å². The van der Waals surface area contributed by atoms with Crippen molar-refractivity contribution < 1.29 is 13.2 Å². The zero-order chi connectivity index (χ0) is 9.61. The van der Waals surface area contributed by atoms with E-state index >= 15 is 0 Å². The molecule has 0 bridgehead atoms. The molecule has 0 aromatic rings. The monoisotopic (exact) mass is 194 g/mol. The first-order valence-corrected chi connectivity index (χ1v) is 5.35. The van der Waals surface area contributed by atoms with Gasteiger partial charge in [-0.15, -0.1) is 0 Å². The minimum atomic E-state index is -3.12. The van der Waals surface area contributed by atoms with Crippen LogP contribution in [-0.4, -0.2) is 33.2 Å². The highest BCUT2D eigenvalue weighted by Gasteiger charge is 2.03. The lowest BCUT2D eigenvalue weighted by molar-refractivity contribution is -0.118. The topological polar surface area (TPSA) is 75.3 Å². The standard InChI is InChI=1S/C6H14N2O3S/c1-3-12(10,11)8-5-4-7-6(2)9/h8H,3-5H2,1-2H3,(H,7,9). The van der Waals surface area contributed by atoms with E-state index in [2.05, 4.69) is 10.0 Å². The van der Waals surface area contributed by atoms with Crippen molar-refractivity contribution in [3.8, 4) is 0 Å². The smallest absolute Gasteiger partial charge is 0.216 e. The van der Waals surface area contributed by atoms with Crippen molar-refractivity contribution >= 4 is 15.9 Å². The summed E-state index contributed by atoms with van der Waals surface area (Å²) in [6.07, 6.45) is 0. The molecule has 0 aliphatic heterocycles. The molecule has 0 aromatic carbocycles. The van der Waals surface area contributed by atoms with Gasteiger partial charge >= 0.3 is 0 Å². The number of nitrogens with one attached hydrogen (secondary N) is 2. The molecular formula is C6H14N2O3S. The van der Waals surface area contributed by atoms with Crippen LogP contribution in [0.3, 0.4) is 0 Å². The number of hydrogen-bond acceptors (Lipinski definition) is 3. The van der Waals surface area contributed by atoms with E-state index in [1.54, 1.807) is 6.92 Å². The summed E-state index contributed by atoms with van der Waals surface area (Å²) in [5, 5.41) is 2.48. The van der Waals surface area contributed by atoms with Crippen molar-refractivity contribution in [3.05, 3.63) is 0 Å². The Balaban J connectivity index is 3.51. The Kier molecular flexibility index (Phi) is 4.84. The Hall–Kier alpha value is -0.620. The van der Waals surface area contributed by atoms with E-state index in [1.165, 1.54) is 6.92 Å². The predicted octanol–water partition coefficient (Wildman–Crippen LogP) is -0.938. The van der Waals surface area contributed by atoms with Crippen LogP contribution in [0.25, 0.3) is 0 Å². The van der Waals surface area contributed by atoms with Crippen molar-refractivity contribution in [1.82, 2.24) is 10.0 Å². The van der Waals surface area contributed by atoms with Crippen LogP contribution in [-0.2, 0) is 14.8 Å². The molecule has 0 radical (unpaired) electrons. The fraction of sp³-hybridized carbons (Fsp3) is 0.833. The summed E-state index contributed by atoms with van der Waals surface area (Å²) in [5.74, 6) is -0.0988. The number of amides is 1. The summed E-state index contributed by atoms with van der Waals surface area (Å²) < 4.78 is 24.0. The second kappa shape index (κ2) is 5.10. The quantitative estimate of drug-likeness (QED) is 0.555. The number of sulfonamides is 1. The molecule has 0 spiro atoms. The summed E-state index contributed by atoms with van der Waals surface area (Å²) in [6, 6.07) is 0. The molecule has 0 saturated heterocycles. The van der Waals surface area contributed by atoms with Gasteiger partial charge in [0.25, 0.3) is 0 Å². The molecule has 0 rings (SSSR count). The van der Waals surface area contributed by atoms with E-state index < -0.39 is 10.0 Å². The van der Waals surface area contributed by atoms with Crippen molar-refractivity contribution in [2.75, 3.05) is 18.8 Å². The number of carbonyl (C=O) groups excluding carboxylic acids is 1. The van der Waals surface area contributed by atoms with Gasteiger partial charge in [-0.05, 0) is 6.92 Å². The summed E-state index contributed by atoms with van der Waals surface area (Å²) in [6.45, 7) is 3.51. The third-order valence-electron chi connectivity index (χ3n) is 1.20. The number of rotatable bonds is 5. The Bertz CT molecular complexity index is 235.